The molecule has 0 saturated carbocycles. The van der Waals surface area contributed by atoms with Gasteiger partial charge in [-0.05, 0) is 26.3 Å². The Bertz CT molecular complexity index is 723. The quantitative estimate of drug-likeness (QED) is 0.428. The molecule has 1 atom stereocenters. The summed E-state index contributed by atoms with van der Waals surface area (Å²) in [5.74, 6) is -5.21. The van der Waals surface area contributed by atoms with Gasteiger partial charge in [-0.1, -0.05) is 6.08 Å². The van der Waals surface area contributed by atoms with Crippen LogP contribution in [0.3, 0.4) is 0 Å². The number of piperazine rings is 1. The molecule has 9 nitrogen and oxygen atoms in total. The fourth-order valence-corrected chi connectivity index (χ4v) is 4.04. The highest BCUT2D eigenvalue weighted by Crippen LogP contribution is 2.34. The van der Waals surface area contributed by atoms with Crippen molar-refractivity contribution in [2.45, 2.75) is 43.2 Å². The summed E-state index contributed by atoms with van der Waals surface area (Å²) < 4.78 is 69.0. The summed E-state index contributed by atoms with van der Waals surface area (Å²) in [6.45, 7) is 10.00. The van der Waals surface area contributed by atoms with Crippen LogP contribution in [0.4, 0.5) is 26.3 Å². The van der Waals surface area contributed by atoms with E-state index >= 15 is 0 Å². The number of likely N-dealkylation sites (N-methyl/N-ethyl adjacent to an activating group) is 1. The second kappa shape index (κ2) is 12.5. The number of carbonyl (C=O) groups is 3. The maximum Gasteiger partial charge on any atom is 0.490 e. The summed E-state index contributed by atoms with van der Waals surface area (Å²) in [6.07, 6.45) is -5.32. The Morgan fingerprint density at radius 3 is 1.91 bits per heavy atom. The number of hydrogen-bond acceptors (Lipinski definition) is 6. The zero-order valence-electron chi connectivity index (χ0n) is 19.1. The van der Waals surface area contributed by atoms with Crippen molar-refractivity contribution in [3.8, 4) is 0 Å². The van der Waals surface area contributed by atoms with Crippen LogP contribution in [0.1, 0.15) is 19.3 Å². The number of piperidine rings is 1. The maximum absolute atomic E-state index is 12.9. The van der Waals surface area contributed by atoms with Gasteiger partial charge in [-0.15, -0.1) is 6.58 Å². The van der Waals surface area contributed by atoms with Crippen molar-refractivity contribution in [2.75, 3.05) is 53.0 Å². The third-order valence-electron chi connectivity index (χ3n) is 6.00. The van der Waals surface area contributed by atoms with Crippen LogP contribution >= 0.6 is 0 Å². The summed E-state index contributed by atoms with van der Waals surface area (Å²) >= 11 is 0. The largest absolute Gasteiger partial charge is 0.490 e. The lowest BCUT2D eigenvalue weighted by molar-refractivity contribution is -0.193. The first-order valence-electron chi connectivity index (χ1n) is 10.6. The van der Waals surface area contributed by atoms with Crippen LogP contribution in [-0.2, 0) is 19.1 Å². The third kappa shape index (κ3) is 8.65. The van der Waals surface area contributed by atoms with Gasteiger partial charge in [-0.2, -0.15) is 26.3 Å². The van der Waals surface area contributed by atoms with E-state index in [-0.39, 0.29) is 5.54 Å². The molecule has 1 amide bonds. The van der Waals surface area contributed by atoms with Crippen molar-refractivity contribution < 1.29 is 55.7 Å². The van der Waals surface area contributed by atoms with Gasteiger partial charge in [0, 0.05) is 45.4 Å². The maximum atomic E-state index is 12.9. The van der Waals surface area contributed by atoms with Crippen molar-refractivity contribution in [2.24, 2.45) is 0 Å². The number of ether oxygens (including phenoxy) is 1. The second-order valence-corrected chi connectivity index (χ2v) is 8.15. The van der Waals surface area contributed by atoms with Crippen molar-refractivity contribution in [1.29, 1.82) is 0 Å². The van der Waals surface area contributed by atoms with Gasteiger partial charge in [-0.25, -0.2) is 9.59 Å². The van der Waals surface area contributed by atoms with Gasteiger partial charge < -0.3 is 19.8 Å². The van der Waals surface area contributed by atoms with Gasteiger partial charge in [-0.3, -0.25) is 14.6 Å². The lowest BCUT2D eigenvalue weighted by Gasteiger charge is -2.52. The van der Waals surface area contributed by atoms with Crippen molar-refractivity contribution in [3.05, 3.63) is 12.7 Å². The first kappa shape index (κ1) is 30.6. The second-order valence-electron chi connectivity index (χ2n) is 8.15. The lowest BCUT2D eigenvalue weighted by atomic mass is 9.82. The minimum Gasteiger partial charge on any atom is -0.475 e. The molecule has 0 radical (unpaired) electrons. The number of carboxylic acid groups (broad SMARTS) is 2. The summed E-state index contributed by atoms with van der Waals surface area (Å²) in [5.41, 5.74) is -0.281. The van der Waals surface area contributed by atoms with E-state index < -0.39 is 24.3 Å². The molecule has 0 aromatic carbocycles. The smallest absolute Gasteiger partial charge is 0.475 e. The Morgan fingerprint density at radius 1 is 1.06 bits per heavy atom. The average Bonchev–Trinajstić information content (AvgIpc) is 3.29. The first-order valence-corrected chi connectivity index (χ1v) is 10.6. The lowest BCUT2D eigenvalue weighted by Crippen LogP contribution is -2.68. The van der Waals surface area contributed by atoms with Crippen LogP contribution in [0.15, 0.2) is 12.7 Å². The normalized spacial score (nSPS) is 23.1. The van der Waals surface area contributed by atoms with Crippen LogP contribution in [0.2, 0.25) is 0 Å². The Kier molecular flexibility index (Phi) is 11.0. The molecule has 2 N–H and O–H groups in total. The number of carbonyl (C=O) groups excluding carboxylic acids is 1. The topological polar surface area (TPSA) is 111 Å². The molecule has 3 saturated heterocycles. The zero-order valence-corrected chi connectivity index (χ0v) is 19.1. The van der Waals surface area contributed by atoms with Crippen LogP contribution in [0, 0.1) is 0 Å². The summed E-state index contributed by atoms with van der Waals surface area (Å²) in [7, 11) is 2.11. The molecule has 0 aromatic heterocycles. The first-order chi connectivity index (χ1) is 16.1. The van der Waals surface area contributed by atoms with Crippen molar-refractivity contribution in [1.82, 2.24) is 14.7 Å². The SMILES string of the molecule is C=CCN1CCN(C)C2(CCN(C3CCOC3)CC2)C1=O.O=C(O)C(F)(F)F.O=C(O)C(F)(F)F. The van der Waals surface area contributed by atoms with Gasteiger partial charge in [0.15, 0.2) is 0 Å². The summed E-state index contributed by atoms with van der Waals surface area (Å²) in [6, 6.07) is 0.565. The van der Waals surface area contributed by atoms with Gasteiger partial charge >= 0.3 is 24.3 Å². The standard InChI is InChI=1S/C16H27N3O2.2C2HF3O2/c1-3-7-19-11-10-17(2)16(15(19)20)5-8-18(9-6-16)14-4-12-21-13-14;2*3-2(4,5)1(6)7/h3,14H,1,4-13H2,2H3;2*(H,6,7). The molecule has 0 bridgehead atoms. The number of amides is 1. The molecular weight excluding hydrogens is 492 g/mol. The van der Waals surface area contributed by atoms with E-state index in [1.54, 1.807) is 0 Å². The average molecular weight is 521 g/mol. The highest BCUT2D eigenvalue weighted by Gasteiger charge is 2.49. The molecule has 1 spiro atoms. The van der Waals surface area contributed by atoms with E-state index in [0.29, 0.717) is 18.5 Å². The van der Waals surface area contributed by atoms with E-state index in [1.165, 1.54) is 0 Å². The van der Waals surface area contributed by atoms with Crippen LogP contribution in [0.5, 0.6) is 0 Å². The minimum atomic E-state index is -5.08. The number of halogens is 6. The van der Waals surface area contributed by atoms with E-state index in [9.17, 15) is 31.1 Å². The van der Waals surface area contributed by atoms with Crippen LogP contribution in [0.25, 0.3) is 0 Å². The number of hydrogen-bond donors (Lipinski definition) is 2. The Morgan fingerprint density at radius 2 is 1.54 bits per heavy atom. The number of likely N-dealkylation sites (tertiary alicyclic amines) is 1. The van der Waals surface area contributed by atoms with E-state index in [0.717, 1.165) is 58.7 Å². The monoisotopic (exact) mass is 521 g/mol. The van der Waals surface area contributed by atoms with E-state index in [4.69, 9.17) is 24.5 Å². The highest BCUT2D eigenvalue weighted by atomic mass is 19.4. The molecule has 0 aliphatic carbocycles. The van der Waals surface area contributed by atoms with Gasteiger partial charge in [0.05, 0.1) is 6.61 Å². The number of nitrogens with zero attached hydrogens (tertiary/aromatic N) is 3. The molecule has 3 aliphatic heterocycles. The Hall–Kier alpha value is -2.39. The number of alkyl halides is 6. The molecule has 1 unspecified atom stereocenters. The Balaban J connectivity index is 0.000000362. The van der Waals surface area contributed by atoms with Crippen molar-refractivity contribution >= 4 is 17.8 Å². The fourth-order valence-electron chi connectivity index (χ4n) is 4.04. The number of aliphatic carboxylic acids is 2. The van der Waals surface area contributed by atoms with Gasteiger partial charge in [0.25, 0.3) is 0 Å². The zero-order chi connectivity index (χ0) is 27.0. The summed E-state index contributed by atoms with van der Waals surface area (Å²) in [4.78, 5) is 37.5. The van der Waals surface area contributed by atoms with Crippen LogP contribution in [-0.4, -0.2) is 120 Å². The molecular formula is C20H29F6N3O6. The Labute approximate surface area is 197 Å². The molecule has 0 aromatic rings. The van der Waals surface area contributed by atoms with E-state index in [1.807, 2.05) is 11.0 Å². The molecule has 3 aliphatic rings. The molecule has 3 heterocycles. The van der Waals surface area contributed by atoms with Gasteiger partial charge in [0.2, 0.25) is 5.91 Å². The van der Waals surface area contributed by atoms with E-state index in [2.05, 4.69) is 23.4 Å². The predicted molar refractivity (Wildman–Crippen MR) is 110 cm³/mol. The number of carboxylic acids is 2. The minimum absolute atomic E-state index is 0.281. The van der Waals surface area contributed by atoms with Crippen molar-refractivity contribution in [3.63, 3.8) is 0 Å². The van der Waals surface area contributed by atoms with Gasteiger partial charge in [0.1, 0.15) is 5.54 Å². The molecule has 35 heavy (non-hydrogen) atoms. The molecule has 15 heteroatoms. The molecule has 202 valence electrons. The molecule has 3 rings (SSSR count). The highest BCUT2D eigenvalue weighted by molar-refractivity contribution is 5.87. The fraction of sp³-hybridized carbons (Fsp3) is 0.750. The predicted octanol–water partition coefficient (Wildman–Crippen LogP) is 1.84. The summed E-state index contributed by atoms with van der Waals surface area (Å²) in [5, 5.41) is 14.2. The number of rotatable bonds is 3. The third-order valence-corrected chi connectivity index (χ3v) is 6.00. The molecule has 3 fully saturated rings. The van der Waals surface area contributed by atoms with Crippen LogP contribution < -0.4 is 0 Å².